The Morgan fingerprint density at radius 3 is 2.78 bits per heavy atom. The molecule has 0 spiro atoms. The number of aromatic nitrogens is 4. The molecule has 1 atom stereocenters. The van der Waals surface area contributed by atoms with Crippen LogP contribution in [0.15, 0.2) is 24.4 Å². The predicted octanol–water partition coefficient (Wildman–Crippen LogP) is 3.44. The molecule has 1 saturated carbocycles. The van der Waals surface area contributed by atoms with Gasteiger partial charge in [-0.05, 0) is 31.9 Å². The molecule has 9 nitrogen and oxygen atoms in total. The van der Waals surface area contributed by atoms with Crippen molar-refractivity contribution >= 4 is 22.9 Å². The van der Waals surface area contributed by atoms with Crippen LogP contribution in [0.2, 0.25) is 0 Å². The van der Waals surface area contributed by atoms with E-state index in [0.29, 0.717) is 21.7 Å². The molecule has 32 heavy (non-hydrogen) atoms. The Bertz CT molecular complexity index is 1210. The minimum atomic E-state index is -4.92. The van der Waals surface area contributed by atoms with Crippen LogP contribution in [0.3, 0.4) is 0 Å². The van der Waals surface area contributed by atoms with Crippen molar-refractivity contribution in [1.82, 2.24) is 25.1 Å². The summed E-state index contributed by atoms with van der Waals surface area (Å²) in [5, 5.41) is 16.7. The first-order valence-electron chi connectivity index (χ1n) is 9.43. The third-order valence-electron chi connectivity index (χ3n) is 4.54. The van der Waals surface area contributed by atoms with Gasteiger partial charge in [0.2, 0.25) is 5.13 Å². The van der Waals surface area contributed by atoms with E-state index >= 15 is 0 Å². The maximum Gasteiger partial charge on any atom is 0.573 e. The van der Waals surface area contributed by atoms with Crippen molar-refractivity contribution in [2.24, 2.45) is 0 Å². The molecule has 2 heterocycles. The van der Waals surface area contributed by atoms with Crippen LogP contribution >= 0.6 is 11.3 Å². The van der Waals surface area contributed by atoms with E-state index in [0.717, 1.165) is 36.3 Å². The van der Waals surface area contributed by atoms with E-state index in [1.54, 1.807) is 6.92 Å². The van der Waals surface area contributed by atoms with Crippen molar-refractivity contribution < 1.29 is 22.7 Å². The second-order valence-electron chi connectivity index (χ2n) is 7.17. The number of nitriles is 1. The minimum Gasteiger partial charge on any atom is -0.406 e. The first kappa shape index (κ1) is 21.6. The number of hydrogen-bond donors (Lipinski definition) is 2. The zero-order chi connectivity index (χ0) is 23.0. The maximum atomic E-state index is 12.7. The number of nitrogens with zero attached hydrogens (tertiary/aromatic N) is 5. The van der Waals surface area contributed by atoms with Gasteiger partial charge in [0.15, 0.2) is 11.6 Å². The number of nitrogen functional groups attached to an aromatic ring is 1. The number of carbonyl (C=O) groups excluding carboxylic acids is 1. The average Bonchev–Trinajstić information content (AvgIpc) is 3.27. The number of amides is 1. The van der Waals surface area contributed by atoms with Gasteiger partial charge in [-0.25, -0.2) is 9.97 Å². The van der Waals surface area contributed by atoms with Gasteiger partial charge >= 0.3 is 6.36 Å². The summed E-state index contributed by atoms with van der Waals surface area (Å²) in [7, 11) is 0. The van der Waals surface area contributed by atoms with Gasteiger partial charge in [-0.15, -0.1) is 18.3 Å². The lowest BCUT2D eigenvalue weighted by Crippen LogP contribution is -2.29. The van der Waals surface area contributed by atoms with Crippen LogP contribution in [0, 0.1) is 11.3 Å². The van der Waals surface area contributed by atoms with Crippen molar-refractivity contribution in [2.75, 3.05) is 5.73 Å². The normalized spacial score (nSPS) is 14.6. The first-order valence-corrected chi connectivity index (χ1v) is 10.2. The summed E-state index contributed by atoms with van der Waals surface area (Å²) in [4.78, 5) is 21.9. The molecule has 0 aliphatic heterocycles. The van der Waals surface area contributed by atoms with Crippen LogP contribution in [-0.2, 0) is 0 Å². The number of alkyl halides is 3. The van der Waals surface area contributed by atoms with Gasteiger partial charge < -0.3 is 15.8 Å². The summed E-state index contributed by atoms with van der Waals surface area (Å²) in [5.74, 6) is -0.0452. The van der Waals surface area contributed by atoms with Gasteiger partial charge in [-0.3, -0.25) is 4.79 Å². The molecule has 4 rings (SSSR count). The van der Waals surface area contributed by atoms with E-state index in [-0.39, 0.29) is 17.2 Å². The predicted molar refractivity (Wildman–Crippen MR) is 107 cm³/mol. The van der Waals surface area contributed by atoms with Gasteiger partial charge in [0, 0.05) is 23.2 Å². The van der Waals surface area contributed by atoms with Gasteiger partial charge in [0.1, 0.15) is 16.7 Å². The van der Waals surface area contributed by atoms with E-state index in [9.17, 15) is 18.0 Å². The lowest BCUT2D eigenvalue weighted by atomic mass is 10.1. The molecule has 3 N–H and O–H groups in total. The maximum absolute atomic E-state index is 12.7. The molecule has 0 unspecified atom stereocenters. The fourth-order valence-corrected chi connectivity index (χ4v) is 3.66. The lowest BCUT2D eigenvalue weighted by Gasteiger charge is -2.15. The summed E-state index contributed by atoms with van der Waals surface area (Å²) < 4.78 is 43.0. The van der Waals surface area contributed by atoms with Gasteiger partial charge in [-0.1, -0.05) is 11.3 Å². The SMILES string of the molecule is C[C@H](NC(=O)c1cc(N)cc(OC(F)(F)F)c1)c1nc(C2CC2)nn1-c1ncc(C#N)s1. The Hall–Kier alpha value is -3.66. The zero-order valence-corrected chi connectivity index (χ0v) is 17.4. The molecular formula is C19H16F3N7O2S. The molecular weight excluding hydrogens is 447 g/mol. The average molecular weight is 463 g/mol. The Morgan fingerprint density at radius 1 is 1.41 bits per heavy atom. The summed E-state index contributed by atoms with van der Waals surface area (Å²) in [6, 6.07) is 4.50. The van der Waals surface area contributed by atoms with Gasteiger partial charge in [0.25, 0.3) is 5.91 Å². The number of nitrogens with two attached hydrogens (primary N) is 1. The van der Waals surface area contributed by atoms with Crippen LogP contribution in [-0.4, -0.2) is 32.0 Å². The van der Waals surface area contributed by atoms with Gasteiger partial charge in [0.05, 0.1) is 12.2 Å². The van der Waals surface area contributed by atoms with E-state index in [1.165, 1.54) is 16.9 Å². The summed E-state index contributed by atoms with van der Waals surface area (Å²) in [6.45, 7) is 1.66. The van der Waals surface area contributed by atoms with Crippen LogP contribution in [0.4, 0.5) is 18.9 Å². The summed E-state index contributed by atoms with van der Waals surface area (Å²) in [5.41, 5.74) is 5.46. The molecule has 0 radical (unpaired) electrons. The highest BCUT2D eigenvalue weighted by Gasteiger charge is 2.32. The summed E-state index contributed by atoms with van der Waals surface area (Å²) >= 11 is 1.12. The molecule has 0 saturated heterocycles. The quantitative estimate of drug-likeness (QED) is 0.535. The molecule has 1 aliphatic carbocycles. The van der Waals surface area contributed by atoms with Crippen LogP contribution < -0.4 is 15.8 Å². The van der Waals surface area contributed by atoms with Crippen LogP contribution in [0.1, 0.15) is 58.6 Å². The zero-order valence-electron chi connectivity index (χ0n) is 16.6. The molecule has 0 bridgehead atoms. The molecule has 3 aromatic rings. The smallest absolute Gasteiger partial charge is 0.406 e. The molecule has 166 valence electrons. The van der Waals surface area contributed by atoms with E-state index in [4.69, 9.17) is 11.0 Å². The molecule has 2 aromatic heterocycles. The standard InChI is InChI=1S/C19H16F3N7O2S/c1-9(26-17(30)11-4-12(24)6-13(5-11)31-19(20,21)22)16-27-15(10-2-3-10)28-29(16)18-25-8-14(7-23)32-18/h4-6,8-10H,2-3,24H2,1H3,(H,26,30)/t9-/m0/s1. The van der Waals surface area contributed by atoms with Gasteiger partial charge in [-0.2, -0.15) is 9.94 Å². The molecule has 1 fully saturated rings. The third kappa shape index (κ3) is 4.80. The van der Waals surface area contributed by atoms with E-state index in [2.05, 4.69) is 25.1 Å². The monoisotopic (exact) mass is 463 g/mol. The molecule has 1 aromatic carbocycles. The Labute approximate surface area is 183 Å². The minimum absolute atomic E-state index is 0.0597. The van der Waals surface area contributed by atoms with Crippen LogP contribution in [0.5, 0.6) is 5.75 Å². The van der Waals surface area contributed by atoms with Crippen LogP contribution in [0.25, 0.3) is 5.13 Å². The second-order valence-corrected chi connectivity index (χ2v) is 8.18. The van der Waals surface area contributed by atoms with E-state index < -0.39 is 24.1 Å². The topological polar surface area (TPSA) is 132 Å². The Morgan fingerprint density at radius 2 is 2.16 bits per heavy atom. The van der Waals surface area contributed by atoms with E-state index in [1.807, 2.05) is 6.07 Å². The molecule has 1 aliphatic rings. The van der Waals surface area contributed by atoms with Crippen molar-refractivity contribution in [3.63, 3.8) is 0 Å². The number of benzene rings is 1. The number of rotatable bonds is 6. The number of thiazole rings is 1. The summed E-state index contributed by atoms with van der Waals surface area (Å²) in [6.07, 6.45) is -1.59. The fourth-order valence-electron chi connectivity index (χ4n) is 2.98. The highest BCUT2D eigenvalue weighted by atomic mass is 32.1. The second kappa shape index (κ2) is 8.12. The number of nitrogens with one attached hydrogen (secondary N) is 1. The van der Waals surface area contributed by atoms with Crippen molar-refractivity contribution in [3.05, 3.63) is 46.5 Å². The third-order valence-corrected chi connectivity index (χ3v) is 5.41. The molecule has 1 amide bonds. The largest absolute Gasteiger partial charge is 0.573 e. The number of ether oxygens (including phenoxy) is 1. The Kier molecular flexibility index (Phi) is 5.47. The highest BCUT2D eigenvalue weighted by molar-refractivity contribution is 7.14. The number of halogens is 3. The fraction of sp³-hybridized carbons (Fsp3) is 0.316. The molecule has 13 heteroatoms. The number of carbonyl (C=O) groups is 1. The lowest BCUT2D eigenvalue weighted by molar-refractivity contribution is -0.274. The van der Waals surface area contributed by atoms with Crippen molar-refractivity contribution in [3.8, 4) is 17.0 Å². The van der Waals surface area contributed by atoms with Crippen molar-refractivity contribution in [1.29, 1.82) is 5.26 Å². The first-order chi connectivity index (χ1) is 15.1. The number of hydrogen-bond acceptors (Lipinski definition) is 8. The number of anilines is 1. The Balaban J connectivity index is 1.59. The highest BCUT2D eigenvalue weighted by Crippen LogP contribution is 2.39. The van der Waals surface area contributed by atoms with Crippen molar-refractivity contribution in [2.45, 2.75) is 38.1 Å².